The number of benzene rings is 1. The molecule has 1 aromatic carbocycles. The second-order valence-corrected chi connectivity index (χ2v) is 3.56. The highest BCUT2D eigenvalue weighted by Gasteiger charge is 2.12. The highest BCUT2D eigenvalue weighted by atomic mass is 19.1. The number of nitrogens with one attached hydrogen (secondary N) is 1. The molecule has 0 aliphatic heterocycles. The molecule has 0 saturated heterocycles. The summed E-state index contributed by atoms with van der Waals surface area (Å²) in [6, 6.07) is 3.90. The number of nitrogens with zero attached hydrogens (tertiary/aromatic N) is 2. The van der Waals surface area contributed by atoms with Crippen LogP contribution >= 0.6 is 0 Å². The monoisotopic (exact) mass is 266 g/mol. The molecule has 0 bridgehead atoms. The fraction of sp³-hybridized carbons (Fsp3) is 0. The van der Waals surface area contributed by atoms with Crippen LogP contribution in [0, 0.1) is 11.6 Å². The van der Waals surface area contributed by atoms with Gasteiger partial charge in [-0.25, -0.2) is 22.9 Å². The number of nitrogens with two attached hydrogens (primary N) is 1. The molecule has 6 nitrogen and oxygen atoms in total. The van der Waals surface area contributed by atoms with Gasteiger partial charge in [0.05, 0.1) is 6.20 Å². The summed E-state index contributed by atoms with van der Waals surface area (Å²) in [4.78, 5) is 26.2. The van der Waals surface area contributed by atoms with E-state index in [1.807, 2.05) is 0 Å². The summed E-state index contributed by atoms with van der Waals surface area (Å²) in [7, 11) is 0. The quantitative estimate of drug-likeness (QED) is 0.811. The van der Waals surface area contributed by atoms with Crippen molar-refractivity contribution in [2.24, 2.45) is 0 Å². The number of nitrogen functional groups attached to an aromatic ring is 1. The van der Waals surface area contributed by atoms with Gasteiger partial charge in [0.25, 0.3) is 0 Å². The van der Waals surface area contributed by atoms with Gasteiger partial charge in [0.15, 0.2) is 11.6 Å². The Balaban J connectivity index is 2.28. The molecule has 2 aromatic rings. The van der Waals surface area contributed by atoms with E-state index >= 15 is 0 Å². The summed E-state index contributed by atoms with van der Waals surface area (Å²) >= 11 is 0. The summed E-state index contributed by atoms with van der Waals surface area (Å²) in [5, 5.41) is 2.28. The summed E-state index contributed by atoms with van der Waals surface area (Å²) < 4.78 is 26.2. The molecular formula is C11H8F2N4O2. The lowest BCUT2D eigenvalue weighted by atomic mass is 10.3. The number of rotatable bonds is 1. The van der Waals surface area contributed by atoms with Crippen molar-refractivity contribution in [1.82, 2.24) is 9.55 Å². The zero-order chi connectivity index (χ0) is 14.0. The zero-order valence-corrected chi connectivity index (χ0v) is 9.43. The number of carbonyl (C=O) groups excluding carboxylic acids is 1. The van der Waals surface area contributed by atoms with Gasteiger partial charge in [0.2, 0.25) is 0 Å². The van der Waals surface area contributed by atoms with E-state index in [-0.39, 0.29) is 5.69 Å². The van der Waals surface area contributed by atoms with E-state index in [9.17, 15) is 18.4 Å². The topological polar surface area (TPSA) is 90.0 Å². The number of hydrogen-bond acceptors (Lipinski definition) is 4. The molecule has 0 atom stereocenters. The number of aromatic nitrogens is 2. The van der Waals surface area contributed by atoms with Crippen molar-refractivity contribution in [3.05, 3.63) is 52.6 Å². The lowest BCUT2D eigenvalue weighted by Crippen LogP contribution is -2.33. The molecule has 0 radical (unpaired) electrons. The second kappa shape index (κ2) is 4.84. The van der Waals surface area contributed by atoms with Crippen molar-refractivity contribution in [3.63, 3.8) is 0 Å². The maximum absolute atomic E-state index is 13.1. The molecule has 98 valence electrons. The van der Waals surface area contributed by atoms with E-state index in [0.717, 1.165) is 12.1 Å². The summed E-state index contributed by atoms with van der Waals surface area (Å²) in [6.45, 7) is 0. The minimum absolute atomic E-state index is 0.246. The Morgan fingerprint density at radius 2 is 1.89 bits per heavy atom. The number of hydrogen-bond donors (Lipinski definition) is 2. The van der Waals surface area contributed by atoms with E-state index < -0.39 is 29.2 Å². The molecule has 0 unspecified atom stereocenters. The smallest absolute Gasteiger partial charge is 0.357 e. The van der Waals surface area contributed by atoms with Crippen molar-refractivity contribution in [3.8, 4) is 0 Å². The third-order valence-electron chi connectivity index (χ3n) is 2.22. The van der Waals surface area contributed by atoms with Crippen LogP contribution in [-0.2, 0) is 0 Å². The fourth-order valence-electron chi connectivity index (χ4n) is 1.31. The summed E-state index contributed by atoms with van der Waals surface area (Å²) in [5.41, 5.74) is 4.32. The molecule has 8 heteroatoms. The third kappa shape index (κ3) is 2.73. The van der Waals surface area contributed by atoms with Crippen LogP contribution in [0.4, 0.5) is 25.1 Å². The van der Waals surface area contributed by atoms with E-state index in [4.69, 9.17) is 5.73 Å². The molecule has 0 spiro atoms. The van der Waals surface area contributed by atoms with Gasteiger partial charge in [-0.1, -0.05) is 0 Å². The van der Waals surface area contributed by atoms with Crippen molar-refractivity contribution < 1.29 is 13.6 Å². The molecule has 1 heterocycles. The Morgan fingerprint density at radius 1 is 1.26 bits per heavy atom. The van der Waals surface area contributed by atoms with E-state index in [1.54, 1.807) is 0 Å². The third-order valence-corrected chi connectivity index (χ3v) is 2.22. The fourth-order valence-corrected chi connectivity index (χ4v) is 1.31. The van der Waals surface area contributed by atoms with Crippen molar-refractivity contribution in [2.75, 3.05) is 11.1 Å². The zero-order valence-electron chi connectivity index (χ0n) is 9.43. The molecular weight excluding hydrogens is 258 g/mol. The molecule has 0 saturated carbocycles. The van der Waals surface area contributed by atoms with Crippen molar-refractivity contribution in [2.45, 2.75) is 0 Å². The standard InChI is InChI=1S/C11H8F2N4O2/c12-6-1-3-7(4-2-6)15-10(18)17-5-8(13)9(14)16-11(17)19/h1-5H,(H,15,18)(H2,14,16,19). The van der Waals surface area contributed by atoms with Crippen LogP contribution in [-0.4, -0.2) is 15.6 Å². The molecule has 19 heavy (non-hydrogen) atoms. The average Bonchev–Trinajstić information content (AvgIpc) is 2.36. The van der Waals surface area contributed by atoms with Gasteiger partial charge >= 0.3 is 11.7 Å². The van der Waals surface area contributed by atoms with Crippen LogP contribution < -0.4 is 16.7 Å². The van der Waals surface area contributed by atoms with Crippen LogP contribution in [0.1, 0.15) is 0 Å². The summed E-state index contributed by atoms with van der Waals surface area (Å²) in [6.07, 6.45) is 0.628. The van der Waals surface area contributed by atoms with Crippen LogP contribution in [0.15, 0.2) is 35.3 Å². The second-order valence-electron chi connectivity index (χ2n) is 3.56. The maximum Gasteiger partial charge on any atom is 0.357 e. The lowest BCUT2D eigenvalue weighted by molar-refractivity contribution is 0.252. The highest BCUT2D eigenvalue weighted by Crippen LogP contribution is 2.08. The first-order valence-electron chi connectivity index (χ1n) is 5.09. The Bertz CT molecular complexity index is 682. The SMILES string of the molecule is Nc1nc(=O)n(C(=O)Nc2ccc(F)cc2)cc1F. The van der Waals surface area contributed by atoms with Crippen LogP contribution in [0.5, 0.6) is 0 Å². The average molecular weight is 266 g/mol. The van der Waals surface area contributed by atoms with Crippen LogP contribution in [0.2, 0.25) is 0 Å². The van der Waals surface area contributed by atoms with Gasteiger partial charge in [0, 0.05) is 5.69 Å². The van der Waals surface area contributed by atoms with Gasteiger partial charge in [-0.2, -0.15) is 4.98 Å². The number of amides is 1. The number of halogens is 2. The first-order chi connectivity index (χ1) is 8.97. The van der Waals surface area contributed by atoms with E-state index in [2.05, 4.69) is 10.3 Å². The molecule has 3 N–H and O–H groups in total. The van der Waals surface area contributed by atoms with Gasteiger partial charge in [0.1, 0.15) is 5.82 Å². The first kappa shape index (κ1) is 12.7. The lowest BCUT2D eigenvalue weighted by Gasteiger charge is -2.07. The van der Waals surface area contributed by atoms with Gasteiger partial charge in [-0.3, -0.25) is 0 Å². The van der Waals surface area contributed by atoms with Crippen molar-refractivity contribution in [1.29, 1.82) is 0 Å². The van der Waals surface area contributed by atoms with Gasteiger partial charge in [-0.15, -0.1) is 0 Å². The Hall–Kier alpha value is -2.77. The molecule has 1 aromatic heterocycles. The predicted molar refractivity (Wildman–Crippen MR) is 63.7 cm³/mol. The number of carbonyl (C=O) groups is 1. The van der Waals surface area contributed by atoms with E-state index in [0.29, 0.717) is 10.8 Å². The Kier molecular flexibility index (Phi) is 3.23. The van der Waals surface area contributed by atoms with Gasteiger partial charge in [-0.05, 0) is 24.3 Å². The Labute approximate surface area is 105 Å². The highest BCUT2D eigenvalue weighted by molar-refractivity contribution is 5.90. The minimum Gasteiger partial charge on any atom is -0.381 e. The molecule has 0 aliphatic carbocycles. The first-order valence-corrected chi connectivity index (χ1v) is 5.09. The normalized spacial score (nSPS) is 10.2. The van der Waals surface area contributed by atoms with Crippen molar-refractivity contribution >= 4 is 17.5 Å². The predicted octanol–water partition coefficient (Wildman–Crippen LogP) is 1.18. The minimum atomic E-state index is -1.02. The molecule has 0 fully saturated rings. The van der Waals surface area contributed by atoms with E-state index in [1.165, 1.54) is 12.1 Å². The van der Waals surface area contributed by atoms with Gasteiger partial charge < -0.3 is 11.1 Å². The molecule has 1 amide bonds. The largest absolute Gasteiger partial charge is 0.381 e. The number of anilines is 2. The molecule has 2 rings (SSSR count). The van der Waals surface area contributed by atoms with Crippen LogP contribution in [0.25, 0.3) is 0 Å². The molecule has 0 aliphatic rings. The Morgan fingerprint density at radius 3 is 2.53 bits per heavy atom. The van der Waals surface area contributed by atoms with Crippen LogP contribution in [0.3, 0.4) is 0 Å². The maximum atomic E-state index is 13.1. The summed E-state index contributed by atoms with van der Waals surface area (Å²) in [5.74, 6) is -2.06.